The van der Waals surface area contributed by atoms with Crippen molar-refractivity contribution in [1.29, 1.82) is 0 Å². The van der Waals surface area contributed by atoms with E-state index < -0.39 is 0 Å². The predicted octanol–water partition coefficient (Wildman–Crippen LogP) is 4.10. The van der Waals surface area contributed by atoms with Crippen LogP contribution in [0, 0.1) is 0 Å². The molecule has 0 amide bonds. The van der Waals surface area contributed by atoms with Crippen LogP contribution >= 0.6 is 12.4 Å². The zero-order valence-electron chi connectivity index (χ0n) is 11.1. The van der Waals surface area contributed by atoms with Gasteiger partial charge in [0.05, 0.1) is 0 Å². The highest BCUT2D eigenvalue weighted by Gasteiger charge is 2.04. The minimum atomic E-state index is 0. The van der Waals surface area contributed by atoms with Crippen molar-refractivity contribution in [1.82, 2.24) is 0 Å². The molecule has 0 aliphatic carbocycles. The van der Waals surface area contributed by atoms with E-state index in [1.54, 1.807) is 0 Å². The zero-order valence-corrected chi connectivity index (χ0v) is 11.9. The van der Waals surface area contributed by atoms with E-state index in [1.807, 2.05) is 42.5 Å². The third kappa shape index (κ3) is 4.58. The van der Waals surface area contributed by atoms with E-state index in [1.165, 1.54) is 5.56 Å². The van der Waals surface area contributed by atoms with Crippen molar-refractivity contribution in [2.24, 2.45) is 5.73 Å². The Hall–Kier alpha value is -1.51. The quantitative estimate of drug-likeness (QED) is 0.893. The summed E-state index contributed by atoms with van der Waals surface area (Å²) in [6.45, 7) is 2.67. The van der Waals surface area contributed by atoms with Gasteiger partial charge in [-0.2, -0.15) is 0 Å². The van der Waals surface area contributed by atoms with Gasteiger partial charge in [-0.15, -0.1) is 12.4 Å². The fraction of sp³-hybridized carbons (Fsp3) is 0.250. The van der Waals surface area contributed by atoms with E-state index in [0.29, 0.717) is 6.61 Å². The maximum atomic E-state index is 6.01. The van der Waals surface area contributed by atoms with Gasteiger partial charge < -0.3 is 10.5 Å². The summed E-state index contributed by atoms with van der Waals surface area (Å²) in [5.41, 5.74) is 8.31. The second kappa shape index (κ2) is 7.82. The lowest BCUT2D eigenvalue weighted by atomic mass is 10.1. The highest BCUT2D eigenvalue weighted by atomic mass is 35.5. The number of hydrogen-bond acceptors (Lipinski definition) is 2. The van der Waals surface area contributed by atoms with E-state index in [2.05, 4.69) is 19.1 Å². The highest BCUT2D eigenvalue weighted by Crippen LogP contribution is 2.20. The third-order valence-corrected chi connectivity index (χ3v) is 2.97. The summed E-state index contributed by atoms with van der Waals surface area (Å²) in [4.78, 5) is 0. The summed E-state index contributed by atoms with van der Waals surface area (Å²) in [5.74, 6) is 0.875. The van der Waals surface area contributed by atoms with Crippen LogP contribution in [0.2, 0.25) is 0 Å². The first-order chi connectivity index (χ1) is 8.79. The molecule has 0 saturated heterocycles. The van der Waals surface area contributed by atoms with Gasteiger partial charge in [-0.3, -0.25) is 0 Å². The Bertz CT molecular complexity index is 487. The van der Waals surface area contributed by atoms with E-state index in [-0.39, 0.29) is 18.4 Å². The van der Waals surface area contributed by atoms with E-state index in [9.17, 15) is 0 Å². The Balaban J connectivity index is 0.00000180. The van der Waals surface area contributed by atoms with E-state index >= 15 is 0 Å². The number of hydrogen-bond donors (Lipinski definition) is 1. The molecule has 0 aliphatic heterocycles. The predicted molar refractivity (Wildman–Crippen MR) is 81.7 cm³/mol. The van der Waals surface area contributed by atoms with Crippen molar-refractivity contribution < 1.29 is 4.74 Å². The summed E-state index contributed by atoms with van der Waals surface area (Å²) in [6, 6.07) is 18.3. The van der Waals surface area contributed by atoms with Crippen LogP contribution in [-0.2, 0) is 6.61 Å². The Morgan fingerprint density at radius 2 is 1.79 bits per heavy atom. The molecular formula is C16H20ClNO. The second-order valence-electron chi connectivity index (χ2n) is 4.36. The fourth-order valence-corrected chi connectivity index (χ4v) is 1.81. The van der Waals surface area contributed by atoms with Crippen molar-refractivity contribution in [3.63, 3.8) is 0 Å². The molecule has 2 rings (SSSR count). The Labute approximate surface area is 121 Å². The van der Waals surface area contributed by atoms with Crippen LogP contribution in [0.15, 0.2) is 54.6 Å². The van der Waals surface area contributed by atoms with Gasteiger partial charge in [0.25, 0.3) is 0 Å². The van der Waals surface area contributed by atoms with Crippen molar-refractivity contribution in [3.05, 3.63) is 65.7 Å². The highest BCUT2D eigenvalue weighted by molar-refractivity contribution is 5.85. The number of rotatable bonds is 5. The maximum Gasteiger partial charge on any atom is 0.120 e. The van der Waals surface area contributed by atoms with Crippen molar-refractivity contribution in [3.8, 4) is 5.75 Å². The number of halogens is 1. The van der Waals surface area contributed by atoms with Gasteiger partial charge in [0, 0.05) is 6.04 Å². The molecule has 2 aromatic rings. The lowest BCUT2D eigenvalue weighted by Crippen LogP contribution is -2.08. The van der Waals surface area contributed by atoms with E-state index in [0.717, 1.165) is 17.7 Å². The molecule has 2 aromatic carbocycles. The molecule has 2 N–H and O–H groups in total. The Kier molecular flexibility index (Phi) is 6.40. The molecule has 0 radical (unpaired) electrons. The topological polar surface area (TPSA) is 35.2 Å². The van der Waals surface area contributed by atoms with Crippen LogP contribution in [0.5, 0.6) is 5.75 Å². The molecular weight excluding hydrogens is 258 g/mol. The normalized spacial score (nSPS) is 11.5. The average molecular weight is 278 g/mol. The van der Waals surface area contributed by atoms with Crippen LogP contribution in [0.3, 0.4) is 0 Å². The molecule has 0 bridgehead atoms. The van der Waals surface area contributed by atoms with Gasteiger partial charge in [-0.25, -0.2) is 0 Å². The number of benzene rings is 2. The molecule has 3 heteroatoms. The minimum Gasteiger partial charge on any atom is -0.489 e. The molecule has 0 saturated carbocycles. The van der Waals surface area contributed by atoms with Crippen LogP contribution < -0.4 is 10.5 Å². The zero-order chi connectivity index (χ0) is 12.8. The van der Waals surface area contributed by atoms with Crippen LogP contribution in [-0.4, -0.2) is 0 Å². The lowest BCUT2D eigenvalue weighted by molar-refractivity contribution is 0.305. The van der Waals surface area contributed by atoms with Crippen LogP contribution in [0.1, 0.15) is 30.5 Å². The van der Waals surface area contributed by atoms with Crippen molar-refractivity contribution in [2.45, 2.75) is 26.0 Å². The van der Waals surface area contributed by atoms with Gasteiger partial charge >= 0.3 is 0 Å². The van der Waals surface area contributed by atoms with Gasteiger partial charge in [0.15, 0.2) is 0 Å². The summed E-state index contributed by atoms with van der Waals surface area (Å²) in [5, 5.41) is 0. The first-order valence-corrected chi connectivity index (χ1v) is 6.32. The van der Waals surface area contributed by atoms with Crippen molar-refractivity contribution in [2.75, 3.05) is 0 Å². The van der Waals surface area contributed by atoms with Gasteiger partial charge in [0.1, 0.15) is 12.4 Å². The minimum absolute atomic E-state index is 0. The standard InChI is InChI=1S/C16H19NO.ClH/c1-2-16(17)14-9-6-10-15(11-14)18-12-13-7-4-3-5-8-13;/h3-11,16H,2,12,17H2,1H3;1H/t16-;/m0./s1. The van der Waals surface area contributed by atoms with Gasteiger partial charge in [0.2, 0.25) is 0 Å². The van der Waals surface area contributed by atoms with E-state index in [4.69, 9.17) is 10.5 Å². The lowest BCUT2D eigenvalue weighted by Gasteiger charge is -2.12. The summed E-state index contributed by atoms with van der Waals surface area (Å²) >= 11 is 0. The first kappa shape index (κ1) is 15.5. The molecule has 102 valence electrons. The summed E-state index contributed by atoms with van der Waals surface area (Å²) in [6.07, 6.45) is 0.933. The monoisotopic (exact) mass is 277 g/mol. The molecule has 0 unspecified atom stereocenters. The largest absolute Gasteiger partial charge is 0.489 e. The van der Waals surface area contributed by atoms with Crippen molar-refractivity contribution >= 4 is 12.4 Å². The maximum absolute atomic E-state index is 6.01. The average Bonchev–Trinajstić information content (AvgIpc) is 2.45. The van der Waals surface area contributed by atoms with Crippen LogP contribution in [0.4, 0.5) is 0 Å². The smallest absolute Gasteiger partial charge is 0.120 e. The Morgan fingerprint density at radius 1 is 1.05 bits per heavy atom. The molecule has 1 atom stereocenters. The summed E-state index contributed by atoms with van der Waals surface area (Å²) in [7, 11) is 0. The molecule has 0 spiro atoms. The molecule has 19 heavy (non-hydrogen) atoms. The Morgan fingerprint density at radius 3 is 2.47 bits per heavy atom. The molecule has 0 heterocycles. The van der Waals surface area contributed by atoms with Gasteiger partial charge in [-0.1, -0.05) is 49.4 Å². The summed E-state index contributed by atoms with van der Waals surface area (Å²) < 4.78 is 5.77. The molecule has 0 fully saturated rings. The first-order valence-electron chi connectivity index (χ1n) is 6.32. The fourth-order valence-electron chi connectivity index (χ4n) is 1.81. The van der Waals surface area contributed by atoms with Crippen LogP contribution in [0.25, 0.3) is 0 Å². The third-order valence-electron chi connectivity index (χ3n) is 2.97. The van der Waals surface area contributed by atoms with Gasteiger partial charge in [-0.05, 0) is 29.7 Å². The second-order valence-corrected chi connectivity index (χ2v) is 4.36. The number of nitrogens with two attached hydrogens (primary N) is 1. The molecule has 0 aliphatic rings. The SMILES string of the molecule is CC[C@H](N)c1cccc(OCc2ccccc2)c1.Cl. The molecule has 0 aromatic heterocycles. The molecule has 2 nitrogen and oxygen atoms in total. The number of ether oxygens (including phenoxy) is 1.